The molecule has 2 fully saturated rings. The fraction of sp³-hybridized carbons (Fsp3) is 0.471. The molecule has 26 heavy (non-hydrogen) atoms. The molecule has 2 amide bonds. The zero-order chi connectivity index (χ0) is 17.9. The maximum absolute atomic E-state index is 12.5. The summed E-state index contributed by atoms with van der Waals surface area (Å²) in [5, 5.41) is 8.41. The second-order valence-electron chi connectivity index (χ2n) is 6.63. The number of carbonyl (C=O) groups excluding carboxylic acids is 2. The lowest BCUT2D eigenvalue weighted by molar-refractivity contribution is -0.133. The molecule has 0 unspecified atom stereocenters. The predicted molar refractivity (Wildman–Crippen MR) is 94.6 cm³/mol. The Kier molecular flexibility index (Phi) is 4.89. The molecule has 1 N–H and O–H groups in total. The van der Waals surface area contributed by atoms with Gasteiger partial charge in [0.1, 0.15) is 0 Å². The van der Waals surface area contributed by atoms with Crippen LogP contribution in [0.3, 0.4) is 0 Å². The van der Waals surface area contributed by atoms with Crippen LogP contribution >= 0.6 is 11.5 Å². The van der Waals surface area contributed by atoms with E-state index in [0.717, 1.165) is 6.42 Å². The van der Waals surface area contributed by atoms with Gasteiger partial charge in [-0.1, -0.05) is 4.49 Å². The molecule has 2 aliphatic heterocycles. The van der Waals surface area contributed by atoms with E-state index in [1.54, 1.807) is 34.8 Å². The highest BCUT2D eigenvalue weighted by molar-refractivity contribution is 7.03. The molecule has 8 nitrogen and oxygen atoms in total. The maximum Gasteiger partial charge on any atom is 0.275 e. The molecular weight excluding hydrogens is 354 g/mol. The van der Waals surface area contributed by atoms with Crippen LogP contribution in [0.2, 0.25) is 0 Å². The summed E-state index contributed by atoms with van der Waals surface area (Å²) in [4.78, 5) is 30.8. The highest BCUT2D eigenvalue weighted by atomic mass is 32.1. The smallest absolute Gasteiger partial charge is 0.275 e. The number of carbonyl (C=O) groups is 2. The Balaban J connectivity index is 1.38. The normalized spacial score (nSPS) is 25.4. The van der Waals surface area contributed by atoms with Gasteiger partial charge >= 0.3 is 0 Å². The molecule has 9 heteroatoms. The number of hydrogen-bond acceptors (Lipinski definition) is 7. The Morgan fingerprint density at radius 1 is 1.38 bits per heavy atom. The highest BCUT2D eigenvalue weighted by Crippen LogP contribution is 2.32. The fourth-order valence-electron chi connectivity index (χ4n) is 3.60. The summed E-state index contributed by atoms with van der Waals surface area (Å²) >= 11 is 1.17. The maximum atomic E-state index is 12.5. The number of anilines is 1. The molecule has 4 rings (SSSR count). The third-order valence-electron chi connectivity index (χ3n) is 4.93. The molecule has 2 aromatic rings. The fourth-order valence-corrected chi connectivity index (χ4v) is 4.03. The van der Waals surface area contributed by atoms with E-state index in [1.165, 1.54) is 11.5 Å². The Bertz CT molecular complexity index is 770. The van der Waals surface area contributed by atoms with Gasteiger partial charge in [-0.3, -0.25) is 14.6 Å². The van der Waals surface area contributed by atoms with Crippen molar-refractivity contribution >= 4 is 29.0 Å². The first-order chi connectivity index (χ1) is 12.7. The molecule has 136 valence electrons. The monoisotopic (exact) mass is 373 g/mol. The number of amides is 2. The molecular formula is C17H19N5O3S. The molecule has 4 heterocycles. The number of ether oxygens (including phenoxy) is 1. The lowest BCUT2D eigenvalue weighted by atomic mass is 9.83. The largest absolute Gasteiger partial charge is 0.377 e. The minimum Gasteiger partial charge on any atom is -0.377 e. The Hall–Kier alpha value is -2.39. The lowest BCUT2D eigenvalue weighted by Crippen LogP contribution is -2.51. The van der Waals surface area contributed by atoms with Gasteiger partial charge in [0.05, 0.1) is 30.5 Å². The Morgan fingerprint density at radius 2 is 2.31 bits per heavy atom. The second-order valence-corrected chi connectivity index (χ2v) is 7.24. The molecule has 0 aromatic carbocycles. The first-order valence-corrected chi connectivity index (χ1v) is 9.43. The summed E-state index contributed by atoms with van der Waals surface area (Å²) in [6, 6.07) is 3.58. The molecule has 2 saturated heterocycles. The van der Waals surface area contributed by atoms with E-state index in [-0.39, 0.29) is 29.8 Å². The van der Waals surface area contributed by atoms with Crippen LogP contribution in [-0.4, -0.2) is 57.1 Å². The third-order valence-corrected chi connectivity index (χ3v) is 5.43. The van der Waals surface area contributed by atoms with E-state index in [2.05, 4.69) is 19.9 Å². The van der Waals surface area contributed by atoms with Crippen LogP contribution in [0.4, 0.5) is 5.69 Å². The summed E-state index contributed by atoms with van der Waals surface area (Å²) < 4.78 is 9.69. The van der Waals surface area contributed by atoms with Crippen molar-refractivity contribution in [2.24, 2.45) is 11.8 Å². The topological polar surface area (TPSA) is 97.3 Å². The molecule has 0 aliphatic carbocycles. The number of likely N-dealkylation sites (tertiary alicyclic amines) is 1. The van der Waals surface area contributed by atoms with E-state index in [9.17, 15) is 9.59 Å². The minimum absolute atomic E-state index is 0.0661. The minimum atomic E-state index is -0.229. The molecule has 0 saturated carbocycles. The summed E-state index contributed by atoms with van der Waals surface area (Å²) in [5.74, 6) is -0.243. The van der Waals surface area contributed by atoms with Crippen molar-refractivity contribution in [1.82, 2.24) is 19.5 Å². The van der Waals surface area contributed by atoms with Crippen LogP contribution in [0.25, 0.3) is 0 Å². The quantitative estimate of drug-likeness (QED) is 0.874. The molecule has 0 radical (unpaired) electrons. The van der Waals surface area contributed by atoms with Gasteiger partial charge in [-0.25, -0.2) is 0 Å². The van der Waals surface area contributed by atoms with E-state index < -0.39 is 0 Å². The number of aromatic nitrogens is 3. The number of pyridine rings is 1. The van der Waals surface area contributed by atoms with Crippen molar-refractivity contribution in [3.8, 4) is 0 Å². The van der Waals surface area contributed by atoms with Crippen molar-refractivity contribution in [1.29, 1.82) is 0 Å². The average molecular weight is 373 g/mol. The van der Waals surface area contributed by atoms with Gasteiger partial charge in [0.25, 0.3) is 5.91 Å². The van der Waals surface area contributed by atoms with Gasteiger partial charge in [-0.2, -0.15) is 0 Å². The summed E-state index contributed by atoms with van der Waals surface area (Å²) in [6.45, 7) is 1.64. The summed E-state index contributed by atoms with van der Waals surface area (Å²) in [6.07, 6.45) is 4.87. The SMILES string of the molecule is O=C(Nc1cccnc1)[C@@H]1CO[C@@H]2CCN(C(=O)c3csnn3)C[C@@H]2C1. The van der Waals surface area contributed by atoms with Crippen molar-refractivity contribution < 1.29 is 14.3 Å². The van der Waals surface area contributed by atoms with Gasteiger partial charge in [-0.15, -0.1) is 5.10 Å². The number of rotatable bonds is 3. The van der Waals surface area contributed by atoms with Gasteiger partial charge in [0.2, 0.25) is 5.91 Å². The van der Waals surface area contributed by atoms with Crippen LogP contribution < -0.4 is 5.32 Å². The zero-order valence-electron chi connectivity index (χ0n) is 14.1. The molecule has 2 aliphatic rings. The number of nitrogens with zero attached hydrogens (tertiary/aromatic N) is 4. The first kappa shape index (κ1) is 17.0. The standard InChI is InChI=1S/C17H19N5O3S/c23-16(19-13-2-1-4-18-7-13)12-6-11-8-22(5-3-15(11)25-9-12)17(24)14-10-26-21-20-14/h1-2,4,7,10-12,15H,3,5-6,8-9H2,(H,19,23)/t11-,12-,15+/m0/s1. The van der Waals surface area contributed by atoms with Gasteiger partial charge in [0.15, 0.2) is 5.69 Å². The molecule has 0 bridgehead atoms. The second kappa shape index (κ2) is 7.46. The molecule has 2 aromatic heterocycles. The van der Waals surface area contributed by atoms with Crippen LogP contribution in [0.15, 0.2) is 29.9 Å². The molecule has 0 spiro atoms. The molecule has 3 atom stereocenters. The third kappa shape index (κ3) is 3.58. The van der Waals surface area contributed by atoms with Gasteiger partial charge < -0.3 is 15.0 Å². The Morgan fingerprint density at radius 3 is 3.08 bits per heavy atom. The number of hydrogen-bond donors (Lipinski definition) is 1. The average Bonchev–Trinajstić information content (AvgIpc) is 3.22. The van der Waals surface area contributed by atoms with Crippen molar-refractivity contribution in [3.05, 3.63) is 35.6 Å². The van der Waals surface area contributed by atoms with E-state index >= 15 is 0 Å². The number of fused-ring (bicyclic) bond motifs is 1. The van der Waals surface area contributed by atoms with Crippen LogP contribution in [0.5, 0.6) is 0 Å². The zero-order valence-corrected chi connectivity index (χ0v) is 14.9. The highest BCUT2D eigenvalue weighted by Gasteiger charge is 2.39. The number of piperidine rings is 1. The summed E-state index contributed by atoms with van der Waals surface area (Å²) in [7, 11) is 0. The van der Waals surface area contributed by atoms with Crippen molar-refractivity contribution in [3.63, 3.8) is 0 Å². The van der Waals surface area contributed by atoms with Crippen LogP contribution in [-0.2, 0) is 9.53 Å². The Labute approximate surface area is 154 Å². The van der Waals surface area contributed by atoms with Crippen LogP contribution in [0, 0.1) is 11.8 Å². The van der Waals surface area contributed by atoms with Crippen molar-refractivity contribution in [2.45, 2.75) is 18.9 Å². The van der Waals surface area contributed by atoms with Gasteiger partial charge in [-0.05, 0) is 36.5 Å². The van der Waals surface area contributed by atoms with Crippen molar-refractivity contribution in [2.75, 3.05) is 25.0 Å². The van der Waals surface area contributed by atoms with Gasteiger partial charge in [0, 0.05) is 30.6 Å². The lowest BCUT2D eigenvalue weighted by Gasteiger charge is -2.42. The number of nitrogens with one attached hydrogen (secondary N) is 1. The van der Waals surface area contributed by atoms with E-state index in [0.29, 0.717) is 37.5 Å². The predicted octanol–water partition coefficient (Wildman–Crippen LogP) is 1.44. The summed E-state index contributed by atoms with van der Waals surface area (Å²) in [5.41, 5.74) is 1.06. The van der Waals surface area contributed by atoms with E-state index in [4.69, 9.17) is 4.74 Å². The van der Waals surface area contributed by atoms with Crippen LogP contribution in [0.1, 0.15) is 23.3 Å². The van der Waals surface area contributed by atoms with E-state index in [1.807, 2.05) is 0 Å². The first-order valence-electron chi connectivity index (χ1n) is 8.59.